The van der Waals surface area contributed by atoms with Crippen LogP contribution in [0, 0.1) is 0 Å². The van der Waals surface area contributed by atoms with Gasteiger partial charge in [-0.2, -0.15) is 5.10 Å². The van der Waals surface area contributed by atoms with Gasteiger partial charge in [0.05, 0.1) is 11.8 Å². The normalized spacial score (nSPS) is 22.2. The fourth-order valence-electron chi connectivity index (χ4n) is 3.38. The molecular formula is C19H19BrN2O. The van der Waals surface area contributed by atoms with E-state index in [9.17, 15) is 0 Å². The number of halogens is 1. The van der Waals surface area contributed by atoms with Crippen LogP contribution < -0.4 is 4.74 Å². The number of hydrogen-bond acceptors (Lipinski definition) is 3. The second-order valence-electron chi connectivity index (χ2n) is 6.06. The van der Waals surface area contributed by atoms with Crippen molar-refractivity contribution in [2.75, 3.05) is 0 Å². The number of nitrogens with zero attached hydrogens (tertiary/aromatic N) is 2. The quantitative estimate of drug-likeness (QED) is 0.748. The number of fused-ring (bicyclic) bond motifs is 3. The summed E-state index contributed by atoms with van der Waals surface area (Å²) in [5, 5.41) is 7.09. The number of hydrazone groups is 1. The van der Waals surface area contributed by atoms with Crippen LogP contribution in [0.5, 0.6) is 5.75 Å². The first kappa shape index (κ1) is 14.8. The molecule has 0 spiro atoms. The minimum atomic E-state index is 0.0277. The molecule has 4 heteroatoms. The Bertz CT molecular complexity index is 744. The summed E-state index contributed by atoms with van der Waals surface area (Å²) in [6.07, 6.45) is 3.02. The van der Waals surface area contributed by atoms with Gasteiger partial charge in [-0.05, 0) is 23.8 Å². The first-order valence-corrected chi connectivity index (χ1v) is 8.93. The van der Waals surface area contributed by atoms with E-state index in [1.807, 2.05) is 12.1 Å². The Morgan fingerprint density at radius 2 is 2.04 bits per heavy atom. The lowest BCUT2D eigenvalue weighted by atomic mass is 9.96. The highest BCUT2D eigenvalue weighted by atomic mass is 79.9. The SMILES string of the molecule is CCC[C@H]1Oc2ccc(Br)cc2[C@H]2CC(c3ccccc3)=NN21. The average molecular weight is 371 g/mol. The maximum atomic E-state index is 6.22. The molecule has 2 aliphatic heterocycles. The summed E-state index contributed by atoms with van der Waals surface area (Å²) in [6.45, 7) is 2.19. The van der Waals surface area contributed by atoms with Crippen molar-refractivity contribution in [3.63, 3.8) is 0 Å². The van der Waals surface area contributed by atoms with Gasteiger partial charge in [-0.3, -0.25) is 5.01 Å². The maximum absolute atomic E-state index is 6.22. The van der Waals surface area contributed by atoms with Gasteiger partial charge in [0.25, 0.3) is 0 Å². The molecule has 0 saturated heterocycles. The highest BCUT2D eigenvalue weighted by Crippen LogP contribution is 2.44. The van der Waals surface area contributed by atoms with Crippen molar-refractivity contribution in [3.05, 3.63) is 64.1 Å². The smallest absolute Gasteiger partial charge is 0.187 e. The number of benzene rings is 2. The third-order valence-electron chi connectivity index (χ3n) is 4.47. The van der Waals surface area contributed by atoms with E-state index >= 15 is 0 Å². The van der Waals surface area contributed by atoms with Crippen molar-refractivity contribution in [1.82, 2.24) is 5.01 Å². The summed E-state index contributed by atoms with van der Waals surface area (Å²) < 4.78 is 7.31. The fraction of sp³-hybridized carbons (Fsp3) is 0.316. The van der Waals surface area contributed by atoms with Crippen molar-refractivity contribution in [2.24, 2.45) is 5.10 Å². The van der Waals surface area contributed by atoms with Crippen LogP contribution in [-0.2, 0) is 0 Å². The zero-order valence-electron chi connectivity index (χ0n) is 13.1. The predicted octanol–water partition coefficient (Wildman–Crippen LogP) is 5.12. The summed E-state index contributed by atoms with van der Waals surface area (Å²) in [5.74, 6) is 0.998. The van der Waals surface area contributed by atoms with Gasteiger partial charge in [0.15, 0.2) is 6.23 Å². The van der Waals surface area contributed by atoms with Gasteiger partial charge in [-0.1, -0.05) is 59.6 Å². The zero-order chi connectivity index (χ0) is 15.8. The first-order chi connectivity index (χ1) is 11.3. The van der Waals surface area contributed by atoms with Gasteiger partial charge < -0.3 is 4.74 Å². The van der Waals surface area contributed by atoms with Crippen molar-refractivity contribution in [2.45, 2.75) is 38.5 Å². The van der Waals surface area contributed by atoms with E-state index < -0.39 is 0 Å². The van der Waals surface area contributed by atoms with E-state index in [4.69, 9.17) is 9.84 Å². The van der Waals surface area contributed by atoms with E-state index in [-0.39, 0.29) is 12.3 Å². The first-order valence-electron chi connectivity index (χ1n) is 8.13. The van der Waals surface area contributed by atoms with Gasteiger partial charge in [-0.25, -0.2) is 0 Å². The molecule has 2 aromatic carbocycles. The molecule has 0 radical (unpaired) electrons. The van der Waals surface area contributed by atoms with E-state index in [1.165, 1.54) is 11.1 Å². The van der Waals surface area contributed by atoms with Gasteiger partial charge in [0.2, 0.25) is 0 Å². The molecule has 0 N–H and O–H groups in total. The minimum Gasteiger partial charge on any atom is -0.469 e. The zero-order valence-corrected chi connectivity index (χ0v) is 14.7. The topological polar surface area (TPSA) is 24.8 Å². The largest absolute Gasteiger partial charge is 0.469 e. The molecule has 0 unspecified atom stereocenters. The molecule has 0 bridgehead atoms. The molecule has 118 valence electrons. The van der Waals surface area contributed by atoms with Crippen LogP contribution in [0.4, 0.5) is 0 Å². The second-order valence-corrected chi connectivity index (χ2v) is 6.97. The molecule has 2 atom stereocenters. The Kier molecular flexibility index (Phi) is 3.85. The van der Waals surface area contributed by atoms with Crippen LogP contribution in [0.2, 0.25) is 0 Å². The van der Waals surface area contributed by atoms with Crippen LogP contribution >= 0.6 is 15.9 Å². The van der Waals surface area contributed by atoms with E-state index in [2.05, 4.69) is 64.3 Å². The van der Waals surface area contributed by atoms with Gasteiger partial charge in [0, 0.05) is 22.9 Å². The van der Waals surface area contributed by atoms with Gasteiger partial charge in [-0.15, -0.1) is 0 Å². The Labute approximate surface area is 145 Å². The highest BCUT2D eigenvalue weighted by Gasteiger charge is 2.39. The molecule has 4 rings (SSSR count). The number of ether oxygens (including phenoxy) is 1. The summed E-state index contributed by atoms with van der Waals surface area (Å²) in [4.78, 5) is 0. The molecule has 0 fully saturated rings. The molecule has 0 aliphatic carbocycles. The van der Waals surface area contributed by atoms with Crippen molar-refractivity contribution >= 4 is 21.6 Å². The molecule has 23 heavy (non-hydrogen) atoms. The van der Waals surface area contributed by atoms with E-state index in [0.29, 0.717) is 0 Å². The maximum Gasteiger partial charge on any atom is 0.187 e. The molecular weight excluding hydrogens is 352 g/mol. The third kappa shape index (κ3) is 2.65. The van der Waals surface area contributed by atoms with Gasteiger partial charge >= 0.3 is 0 Å². The molecule has 0 amide bonds. The lowest BCUT2D eigenvalue weighted by Gasteiger charge is -2.38. The van der Waals surface area contributed by atoms with E-state index in [1.54, 1.807) is 0 Å². The Hall–Kier alpha value is -1.81. The fourth-order valence-corrected chi connectivity index (χ4v) is 3.75. The van der Waals surface area contributed by atoms with E-state index in [0.717, 1.165) is 35.2 Å². The van der Waals surface area contributed by atoms with Crippen molar-refractivity contribution < 1.29 is 4.74 Å². The van der Waals surface area contributed by atoms with Crippen molar-refractivity contribution in [1.29, 1.82) is 0 Å². The molecule has 2 aromatic rings. The Balaban J connectivity index is 1.74. The van der Waals surface area contributed by atoms with Crippen LogP contribution in [0.15, 0.2) is 58.1 Å². The van der Waals surface area contributed by atoms with Crippen LogP contribution in [-0.4, -0.2) is 16.9 Å². The summed E-state index contributed by atoms with van der Waals surface area (Å²) in [6, 6.07) is 17.0. The summed E-state index contributed by atoms with van der Waals surface area (Å²) in [5.41, 5.74) is 3.57. The number of hydrogen-bond donors (Lipinski definition) is 0. The Morgan fingerprint density at radius 1 is 1.22 bits per heavy atom. The molecule has 2 heterocycles. The molecule has 3 nitrogen and oxygen atoms in total. The standard InChI is InChI=1S/C19H19BrN2O/c1-2-6-19-22-17(15-11-14(20)9-10-18(15)23-19)12-16(21-22)13-7-4-3-5-8-13/h3-5,7-11,17,19H,2,6,12H2,1H3/t17-,19-/m1/s1. The molecule has 0 aromatic heterocycles. The lowest BCUT2D eigenvalue weighted by molar-refractivity contribution is -0.0223. The Morgan fingerprint density at radius 3 is 2.83 bits per heavy atom. The van der Waals surface area contributed by atoms with Gasteiger partial charge in [0.1, 0.15) is 5.75 Å². The lowest BCUT2D eigenvalue weighted by Crippen LogP contribution is -2.40. The third-order valence-corrected chi connectivity index (χ3v) is 4.97. The average Bonchev–Trinajstić information content (AvgIpc) is 3.02. The summed E-state index contributed by atoms with van der Waals surface area (Å²) in [7, 11) is 0. The molecule has 2 aliphatic rings. The van der Waals surface area contributed by atoms with Crippen molar-refractivity contribution in [3.8, 4) is 5.75 Å². The number of rotatable bonds is 3. The van der Waals surface area contributed by atoms with Crippen LogP contribution in [0.1, 0.15) is 43.4 Å². The summed E-state index contributed by atoms with van der Waals surface area (Å²) >= 11 is 3.58. The highest BCUT2D eigenvalue weighted by molar-refractivity contribution is 9.10. The van der Waals surface area contributed by atoms with Crippen LogP contribution in [0.25, 0.3) is 0 Å². The minimum absolute atomic E-state index is 0.0277. The monoisotopic (exact) mass is 370 g/mol. The second kappa shape index (κ2) is 6.00. The van der Waals surface area contributed by atoms with Crippen LogP contribution in [0.3, 0.4) is 0 Å². The predicted molar refractivity (Wildman–Crippen MR) is 95.6 cm³/mol. The molecule has 0 saturated carbocycles.